The molecule has 1 aliphatic heterocycles. The van der Waals surface area contributed by atoms with Crippen molar-refractivity contribution in [3.63, 3.8) is 0 Å². The first-order chi connectivity index (χ1) is 9.88. The fourth-order valence-electron chi connectivity index (χ4n) is 2.68. The largest absolute Gasteiger partial charge is 0.351 e. The van der Waals surface area contributed by atoms with Crippen LogP contribution < -0.4 is 5.32 Å². The van der Waals surface area contributed by atoms with Crippen molar-refractivity contribution in [3.05, 3.63) is 17.7 Å². The van der Waals surface area contributed by atoms with E-state index in [1.807, 2.05) is 0 Å². The molecule has 1 atom stereocenters. The lowest BCUT2D eigenvalue weighted by Crippen LogP contribution is -2.44. The molecule has 21 heavy (non-hydrogen) atoms. The number of hydrogen-bond acceptors (Lipinski definition) is 4. The molecule has 0 aromatic carbocycles. The monoisotopic (exact) mass is 314 g/mol. The Morgan fingerprint density at radius 2 is 2.29 bits per heavy atom. The summed E-state index contributed by atoms with van der Waals surface area (Å²) >= 11 is 0. The highest BCUT2D eigenvalue weighted by Crippen LogP contribution is 2.21. The summed E-state index contributed by atoms with van der Waals surface area (Å²) in [6.45, 7) is 2.81. The molecule has 2 N–H and O–H groups in total. The van der Waals surface area contributed by atoms with Crippen molar-refractivity contribution in [1.29, 1.82) is 0 Å². The van der Waals surface area contributed by atoms with Crippen LogP contribution >= 0.6 is 0 Å². The summed E-state index contributed by atoms with van der Waals surface area (Å²) in [5, 5.41) is 2.80. The third-order valence-electron chi connectivity index (χ3n) is 3.71. The standard InChI is InChI=1S/C13H22N4O3S/c1-10-15-9-12(16-10)13(18)14-7-6-11-5-3-4-8-17(11)21(2,19)20/h9,11H,3-8H2,1-2H3,(H,14,18)(H,15,16)/t11-/m1/s1. The van der Waals surface area contributed by atoms with E-state index in [0.717, 1.165) is 19.3 Å². The summed E-state index contributed by atoms with van der Waals surface area (Å²) in [6, 6.07) is -0.0162. The second-order valence-corrected chi connectivity index (χ2v) is 7.39. The average molecular weight is 314 g/mol. The molecule has 1 aromatic rings. The van der Waals surface area contributed by atoms with Crippen LogP contribution in [0.2, 0.25) is 0 Å². The van der Waals surface area contributed by atoms with E-state index in [2.05, 4.69) is 15.3 Å². The molecule has 0 bridgehead atoms. The maximum Gasteiger partial charge on any atom is 0.269 e. The minimum atomic E-state index is -3.17. The van der Waals surface area contributed by atoms with Crippen molar-refractivity contribution in [3.8, 4) is 0 Å². The van der Waals surface area contributed by atoms with Crippen LogP contribution in [0.3, 0.4) is 0 Å². The van der Waals surface area contributed by atoms with Gasteiger partial charge in [0.2, 0.25) is 10.0 Å². The van der Waals surface area contributed by atoms with Gasteiger partial charge in [-0.05, 0) is 26.2 Å². The quantitative estimate of drug-likeness (QED) is 0.834. The number of sulfonamides is 1. The van der Waals surface area contributed by atoms with Crippen molar-refractivity contribution >= 4 is 15.9 Å². The molecule has 0 radical (unpaired) electrons. The van der Waals surface area contributed by atoms with Crippen LogP contribution in [0.1, 0.15) is 42.0 Å². The summed E-state index contributed by atoms with van der Waals surface area (Å²) in [7, 11) is -3.17. The maximum atomic E-state index is 11.9. The zero-order valence-electron chi connectivity index (χ0n) is 12.4. The number of rotatable bonds is 5. The van der Waals surface area contributed by atoms with Crippen LogP contribution in [0, 0.1) is 6.92 Å². The van der Waals surface area contributed by atoms with E-state index < -0.39 is 10.0 Å². The summed E-state index contributed by atoms with van der Waals surface area (Å²) in [4.78, 5) is 18.7. The number of nitrogens with zero attached hydrogens (tertiary/aromatic N) is 2. The van der Waals surface area contributed by atoms with Gasteiger partial charge in [0.1, 0.15) is 11.5 Å². The van der Waals surface area contributed by atoms with E-state index in [4.69, 9.17) is 0 Å². The number of carbonyl (C=O) groups excluding carboxylic acids is 1. The van der Waals surface area contributed by atoms with Crippen LogP contribution in [0.15, 0.2) is 6.20 Å². The van der Waals surface area contributed by atoms with Crippen LogP contribution in [0.4, 0.5) is 0 Å². The summed E-state index contributed by atoms with van der Waals surface area (Å²) in [5.41, 5.74) is 0.427. The third-order valence-corrected chi connectivity index (χ3v) is 5.04. The first-order valence-electron chi connectivity index (χ1n) is 7.14. The zero-order chi connectivity index (χ0) is 15.5. The Labute approximate surface area is 125 Å². The van der Waals surface area contributed by atoms with E-state index in [9.17, 15) is 13.2 Å². The molecule has 7 nitrogen and oxygen atoms in total. The molecule has 118 valence electrons. The van der Waals surface area contributed by atoms with Gasteiger partial charge in [-0.25, -0.2) is 13.4 Å². The number of nitrogens with one attached hydrogen (secondary N) is 2. The lowest BCUT2D eigenvalue weighted by molar-refractivity contribution is 0.0945. The van der Waals surface area contributed by atoms with E-state index in [0.29, 0.717) is 31.0 Å². The molecular formula is C13H22N4O3S. The molecule has 0 unspecified atom stereocenters. The summed E-state index contributed by atoms with van der Waals surface area (Å²) < 4.78 is 25.0. The molecule has 0 spiro atoms. The van der Waals surface area contributed by atoms with Crippen molar-refractivity contribution in [2.75, 3.05) is 19.3 Å². The number of imidazole rings is 1. The van der Waals surface area contributed by atoms with E-state index in [1.165, 1.54) is 12.5 Å². The van der Waals surface area contributed by atoms with Gasteiger partial charge >= 0.3 is 0 Å². The van der Waals surface area contributed by atoms with Gasteiger partial charge in [0.15, 0.2) is 0 Å². The number of aryl methyl sites for hydroxylation is 1. The Hall–Kier alpha value is -1.41. The molecule has 0 saturated carbocycles. The molecule has 1 aromatic heterocycles. The van der Waals surface area contributed by atoms with Crippen LogP contribution in [-0.4, -0.2) is 54.0 Å². The topological polar surface area (TPSA) is 95.2 Å². The first-order valence-corrected chi connectivity index (χ1v) is 8.99. The zero-order valence-corrected chi connectivity index (χ0v) is 13.2. The predicted molar refractivity (Wildman–Crippen MR) is 79.5 cm³/mol. The summed E-state index contributed by atoms with van der Waals surface area (Å²) in [5.74, 6) is 0.480. The number of amides is 1. The Kier molecular flexibility index (Phi) is 5.00. The molecule has 1 aliphatic rings. The van der Waals surface area contributed by atoms with Gasteiger partial charge in [0, 0.05) is 19.1 Å². The van der Waals surface area contributed by atoms with Gasteiger partial charge in [-0.15, -0.1) is 0 Å². The van der Waals surface area contributed by atoms with Gasteiger partial charge in [-0.2, -0.15) is 4.31 Å². The predicted octanol–water partition coefficient (Wildman–Crippen LogP) is 0.652. The van der Waals surface area contributed by atoms with Gasteiger partial charge in [0.25, 0.3) is 5.91 Å². The van der Waals surface area contributed by atoms with E-state index in [1.54, 1.807) is 11.2 Å². The normalized spacial score (nSPS) is 20.4. The van der Waals surface area contributed by atoms with E-state index >= 15 is 0 Å². The van der Waals surface area contributed by atoms with Crippen molar-refractivity contribution in [2.24, 2.45) is 0 Å². The Morgan fingerprint density at radius 1 is 1.52 bits per heavy atom. The number of piperidine rings is 1. The Bertz CT molecular complexity index is 596. The molecular weight excluding hydrogens is 292 g/mol. The van der Waals surface area contributed by atoms with Gasteiger partial charge in [0.05, 0.1) is 12.5 Å². The molecule has 1 saturated heterocycles. The molecule has 0 aliphatic carbocycles. The van der Waals surface area contributed by atoms with Crippen LogP contribution in [-0.2, 0) is 10.0 Å². The average Bonchev–Trinajstić information content (AvgIpc) is 2.85. The van der Waals surface area contributed by atoms with Crippen LogP contribution in [0.25, 0.3) is 0 Å². The number of hydrogen-bond donors (Lipinski definition) is 2. The number of H-pyrrole nitrogens is 1. The van der Waals surface area contributed by atoms with Crippen molar-refractivity contribution in [2.45, 2.75) is 38.6 Å². The molecule has 1 fully saturated rings. The maximum absolute atomic E-state index is 11.9. The van der Waals surface area contributed by atoms with Gasteiger partial charge < -0.3 is 10.3 Å². The smallest absolute Gasteiger partial charge is 0.269 e. The lowest BCUT2D eigenvalue weighted by atomic mass is 10.0. The van der Waals surface area contributed by atoms with Crippen molar-refractivity contribution in [1.82, 2.24) is 19.6 Å². The lowest BCUT2D eigenvalue weighted by Gasteiger charge is -2.33. The first kappa shape index (κ1) is 16.0. The van der Waals surface area contributed by atoms with E-state index in [-0.39, 0.29) is 11.9 Å². The minimum Gasteiger partial charge on any atom is -0.351 e. The highest BCUT2D eigenvalue weighted by atomic mass is 32.2. The van der Waals surface area contributed by atoms with Crippen molar-refractivity contribution < 1.29 is 13.2 Å². The van der Waals surface area contributed by atoms with Gasteiger partial charge in [-0.1, -0.05) is 6.42 Å². The number of aromatic nitrogens is 2. The molecule has 2 rings (SSSR count). The van der Waals surface area contributed by atoms with Gasteiger partial charge in [-0.3, -0.25) is 4.79 Å². The molecule has 8 heteroatoms. The fourth-order valence-corrected chi connectivity index (χ4v) is 3.90. The highest BCUT2D eigenvalue weighted by Gasteiger charge is 2.28. The molecule has 2 heterocycles. The third kappa shape index (κ3) is 4.28. The second kappa shape index (κ2) is 6.57. The highest BCUT2D eigenvalue weighted by molar-refractivity contribution is 7.88. The van der Waals surface area contributed by atoms with Crippen LogP contribution in [0.5, 0.6) is 0 Å². The Balaban J connectivity index is 1.85. The number of carbonyl (C=O) groups is 1. The second-order valence-electron chi connectivity index (χ2n) is 5.45. The Morgan fingerprint density at radius 3 is 2.90 bits per heavy atom. The summed E-state index contributed by atoms with van der Waals surface area (Å²) in [6.07, 6.45) is 6.16. The fraction of sp³-hybridized carbons (Fsp3) is 0.692. The number of aromatic amines is 1. The minimum absolute atomic E-state index is 0.0162. The SMILES string of the molecule is Cc1ncc(C(=O)NCC[C@H]2CCCCN2S(C)(=O)=O)[nH]1. The molecule has 1 amide bonds.